The summed E-state index contributed by atoms with van der Waals surface area (Å²) in [4.78, 5) is 40.7. The summed E-state index contributed by atoms with van der Waals surface area (Å²) >= 11 is 2.64. The van der Waals surface area contributed by atoms with E-state index >= 15 is 0 Å². The van der Waals surface area contributed by atoms with Crippen LogP contribution >= 0.6 is 22.7 Å². The maximum absolute atomic E-state index is 12.1. The molecule has 0 saturated carbocycles. The number of anilines is 1. The van der Waals surface area contributed by atoms with E-state index < -0.39 is 5.97 Å². The quantitative estimate of drug-likeness (QED) is 0.329. The summed E-state index contributed by atoms with van der Waals surface area (Å²) in [5, 5.41) is 17.6. The first-order valence-electron chi connectivity index (χ1n) is 11.4. The zero-order valence-corrected chi connectivity index (χ0v) is 21.1. The van der Waals surface area contributed by atoms with Gasteiger partial charge in [-0.25, -0.2) is 24.5 Å². The van der Waals surface area contributed by atoms with Gasteiger partial charge < -0.3 is 15.2 Å². The number of amides is 2. The van der Waals surface area contributed by atoms with E-state index in [2.05, 4.69) is 42.6 Å². The number of benzene rings is 1. The number of carbonyl (C=O) groups excluding carboxylic acids is 1. The first-order valence-corrected chi connectivity index (χ1v) is 13.1. The molecule has 0 unspecified atom stereocenters. The molecule has 5 rings (SSSR count). The van der Waals surface area contributed by atoms with Crippen molar-refractivity contribution in [3.05, 3.63) is 47.0 Å². The Balaban J connectivity index is 1.51. The number of morpholine rings is 1. The number of thiazole rings is 1. The largest absolute Gasteiger partial charge is 0.476 e. The number of ether oxygens (including phenoxy) is 1. The zero-order valence-electron chi connectivity index (χ0n) is 19.5. The Kier molecular flexibility index (Phi) is 7.18. The van der Waals surface area contributed by atoms with Crippen LogP contribution < -0.4 is 10.6 Å². The topological polar surface area (TPSA) is 130 Å². The van der Waals surface area contributed by atoms with Gasteiger partial charge in [-0.3, -0.25) is 10.2 Å². The fraction of sp³-hybridized carbons (Fsp3) is 0.292. The van der Waals surface area contributed by atoms with Gasteiger partial charge in [0.2, 0.25) is 5.95 Å². The van der Waals surface area contributed by atoms with Gasteiger partial charge in [-0.1, -0.05) is 24.3 Å². The number of fused-ring (bicyclic) bond motifs is 1. The van der Waals surface area contributed by atoms with Crippen molar-refractivity contribution in [1.82, 2.24) is 25.2 Å². The minimum Gasteiger partial charge on any atom is -0.476 e. The molecule has 1 aromatic carbocycles. The van der Waals surface area contributed by atoms with Crippen molar-refractivity contribution in [2.75, 3.05) is 38.2 Å². The van der Waals surface area contributed by atoms with Crippen LogP contribution in [0.5, 0.6) is 0 Å². The monoisotopic (exact) mass is 524 g/mol. The molecule has 0 atom stereocenters. The fourth-order valence-electron chi connectivity index (χ4n) is 3.88. The molecular weight excluding hydrogens is 500 g/mol. The van der Waals surface area contributed by atoms with Crippen molar-refractivity contribution in [2.45, 2.75) is 13.5 Å². The van der Waals surface area contributed by atoms with Crippen molar-refractivity contribution in [1.29, 1.82) is 0 Å². The molecule has 1 aliphatic heterocycles. The van der Waals surface area contributed by atoms with E-state index in [0.717, 1.165) is 48.7 Å². The van der Waals surface area contributed by atoms with Crippen LogP contribution in [0.2, 0.25) is 0 Å². The van der Waals surface area contributed by atoms with Crippen molar-refractivity contribution in [3.8, 4) is 21.1 Å². The van der Waals surface area contributed by atoms with Crippen LogP contribution in [-0.2, 0) is 11.3 Å². The third-order valence-electron chi connectivity index (χ3n) is 5.63. The molecule has 0 radical (unpaired) electrons. The van der Waals surface area contributed by atoms with Crippen molar-refractivity contribution >= 4 is 50.8 Å². The van der Waals surface area contributed by atoms with E-state index in [-0.39, 0.29) is 17.7 Å². The van der Waals surface area contributed by atoms with E-state index in [4.69, 9.17) is 4.74 Å². The molecule has 4 heterocycles. The molecule has 3 N–H and O–H groups in total. The van der Waals surface area contributed by atoms with Gasteiger partial charge in [0.1, 0.15) is 9.84 Å². The van der Waals surface area contributed by atoms with Gasteiger partial charge >= 0.3 is 12.0 Å². The summed E-state index contributed by atoms with van der Waals surface area (Å²) in [5.41, 5.74) is 2.78. The van der Waals surface area contributed by atoms with E-state index in [1.54, 1.807) is 0 Å². The third-order valence-corrected chi connectivity index (χ3v) is 7.67. The summed E-state index contributed by atoms with van der Waals surface area (Å²) in [6.07, 6.45) is 0. The predicted molar refractivity (Wildman–Crippen MR) is 140 cm³/mol. The highest BCUT2D eigenvalue weighted by Crippen LogP contribution is 2.38. The molecule has 10 nitrogen and oxygen atoms in total. The fourth-order valence-corrected chi connectivity index (χ4v) is 5.77. The van der Waals surface area contributed by atoms with Gasteiger partial charge in [0.15, 0.2) is 5.69 Å². The van der Waals surface area contributed by atoms with Crippen LogP contribution in [0, 0.1) is 0 Å². The average Bonchev–Trinajstić information content (AvgIpc) is 3.53. The standard InChI is InChI=1S/C24H24N6O4S2/c1-2-25-24(33)29-23-27-19(15-5-3-14(4-6-15)12-30-7-9-34-10-8-30)16-11-18(36-20(16)28-23)21-26-17(13-35-21)22(31)32/h3-6,11,13H,2,7-10,12H2,1H3,(H,31,32)(H2,25,27,28,29,33). The highest BCUT2D eigenvalue weighted by molar-refractivity contribution is 7.25. The lowest BCUT2D eigenvalue weighted by Gasteiger charge is -2.26. The van der Waals surface area contributed by atoms with Crippen LogP contribution in [0.3, 0.4) is 0 Å². The lowest BCUT2D eigenvalue weighted by atomic mass is 10.1. The second kappa shape index (κ2) is 10.7. The Bertz CT molecular complexity index is 1400. The molecule has 36 heavy (non-hydrogen) atoms. The molecule has 3 aromatic heterocycles. The van der Waals surface area contributed by atoms with Crippen LogP contribution in [0.4, 0.5) is 10.7 Å². The molecule has 4 aromatic rings. The number of nitrogens with zero attached hydrogens (tertiary/aromatic N) is 4. The van der Waals surface area contributed by atoms with Crippen molar-refractivity contribution in [3.63, 3.8) is 0 Å². The maximum atomic E-state index is 12.1. The molecule has 1 aliphatic rings. The number of nitrogens with one attached hydrogen (secondary N) is 2. The smallest absolute Gasteiger partial charge is 0.355 e. The first-order chi connectivity index (χ1) is 17.5. The van der Waals surface area contributed by atoms with Crippen molar-refractivity contribution < 1.29 is 19.4 Å². The number of carbonyl (C=O) groups is 2. The number of aromatic nitrogens is 3. The highest BCUT2D eigenvalue weighted by Gasteiger charge is 2.18. The van der Waals surface area contributed by atoms with E-state index in [1.165, 1.54) is 33.6 Å². The molecule has 0 spiro atoms. The average molecular weight is 525 g/mol. The Morgan fingerprint density at radius 1 is 1.14 bits per heavy atom. The van der Waals surface area contributed by atoms with Gasteiger partial charge in [0.05, 0.1) is 23.8 Å². The van der Waals surface area contributed by atoms with Gasteiger partial charge in [-0.05, 0) is 18.6 Å². The number of carboxylic acids is 1. The summed E-state index contributed by atoms with van der Waals surface area (Å²) in [6.45, 7) is 6.51. The van der Waals surface area contributed by atoms with Gasteiger partial charge in [0, 0.05) is 42.5 Å². The van der Waals surface area contributed by atoms with Crippen LogP contribution in [0.1, 0.15) is 23.0 Å². The SMILES string of the molecule is CCNC(=O)Nc1nc(-c2ccc(CN3CCOCC3)cc2)c2cc(-c3nc(C(=O)O)cs3)sc2n1. The Hall–Kier alpha value is -3.45. The summed E-state index contributed by atoms with van der Waals surface area (Å²) in [7, 11) is 0. The lowest BCUT2D eigenvalue weighted by Crippen LogP contribution is -2.35. The summed E-state index contributed by atoms with van der Waals surface area (Å²) in [5.74, 6) is -0.871. The number of carboxylic acid groups (broad SMARTS) is 1. The van der Waals surface area contributed by atoms with Gasteiger partial charge in [0.25, 0.3) is 0 Å². The molecule has 186 valence electrons. The number of urea groups is 1. The van der Waals surface area contributed by atoms with Crippen LogP contribution in [-0.4, -0.2) is 69.8 Å². The predicted octanol–water partition coefficient (Wildman–Crippen LogP) is 4.15. The van der Waals surface area contributed by atoms with Crippen LogP contribution in [0.25, 0.3) is 31.4 Å². The number of hydrogen-bond donors (Lipinski definition) is 3. The number of thiophene rings is 1. The van der Waals surface area contributed by atoms with Crippen molar-refractivity contribution in [2.24, 2.45) is 0 Å². The molecule has 2 amide bonds. The minimum absolute atomic E-state index is 0.00760. The summed E-state index contributed by atoms with van der Waals surface area (Å²) in [6, 6.07) is 9.77. The minimum atomic E-state index is -1.07. The highest BCUT2D eigenvalue weighted by atomic mass is 32.1. The second-order valence-corrected chi connectivity index (χ2v) is 10.0. The first kappa shape index (κ1) is 24.3. The van der Waals surface area contributed by atoms with E-state index in [9.17, 15) is 14.7 Å². The molecular formula is C24H24N6O4S2. The summed E-state index contributed by atoms with van der Waals surface area (Å²) < 4.78 is 5.43. The van der Waals surface area contributed by atoms with Gasteiger partial charge in [-0.15, -0.1) is 22.7 Å². The Morgan fingerprint density at radius 3 is 2.61 bits per heavy atom. The maximum Gasteiger partial charge on any atom is 0.355 e. The van der Waals surface area contributed by atoms with E-state index in [0.29, 0.717) is 22.1 Å². The molecule has 1 saturated heterocycles. The van der Waals surface area contributed by atoms with E-state index in [1.807, 2.05) is 25.1 Å². The molecule has 1 fully saturated rings. The number of hydrogen-bond acceptors (Lipinski definition) is 9. The van der Waals surface area contributed by atoms with Crippen LogP contribution in [0.15, 0.2) is 35.7 Å². The number of aromatic carboxylic acids is 1. The normalized spacial score (nSPS) is 14.1. The molecule has 0 aliphatic carbocycles. The second-order valence-electron chi connectivity index (χ2n) is 8.14. The Morgan fingerprint density at radius 2 is 1.92 bits per heavy atom. The zero-order chi connectivity index (χ0) is 25.1. The Labute approximate surface area is 215 Å². The molecule has 12 heteroatoms. The number of rotatable bonds is 7. The van der Waals surface area contributed by atoms with Gasteiger partial charge in [-0.2, -0.15) is 0 Å². The third kappa shape index (κ3) is 5.36. The molecule has 0 bridgehead atoms. The lowest BCUT2D eigenvalue weighted by molar-refractivity contribution is 0.0342.